The van der Waals surface area contributed by atoms with Crippen LogP contribution in [-0.2, 0) is 23.8 Å². The molecule has 5 nitrogen and oxygen atoms in total. The van der Waals surface area contributed by atoms with Crippen molar-refractivity contribution in [3.05, 3.63) is 95.3 Å². The number of nitrogens with one attached hydrogen (secondary N) is 1. The standard InChI is InChI=1S/C24H18ClF3N2O3S/c1-13-2-7-17-19(10-13)29-23(33)30(22(17)32)20-8-3-14(12-18(20)24(26,27)28)11-15(31)4-5-16-6-9-21(25)34-16/h2-3,6-10,12H,4-5,11H2,1H3,(H,29,33). The highest BCUT2D eigenvalue weighted by atomic mass is 35.5. The van der Waals surface area contributed by atoms with Crippen molar-refractivity contribution in [2.75, 3.05) is 0 Å². The predicted octanol–water partition coefficient (Wildman–Crippen LogP) is 5.47. The third-order valence-corrected chi connectivity index (χ3v) is 6.63. The number of aryl methyl sites for hydroxylation is 2. The lowest BCUT2D eigenvalue weighted by Crippen LogP contribution is -2.35. The zero-order valence-corrected chi connectivity index (χ0v) is 19.4. The van der Waals surface area contributed by atoms with Crippen molar-refractivity contribution in [1.29, 1.82) is 0 Å². The molecule has 0 aliphatic heterocycles. The van der Waals surface area contributed by atoms with Crippen molar-refractivity contribution < 1.29 is 18.0 Å². The summed E-state index contributed by atoms with van der Waals surface area (Å²) in [4.78, 5) is 41.3. The molecular formula is C24H18ClF3N2O3S. The van der Waals surface area contributed by atoms with Crippen molar-refractivity contribution >= 4 is 39.6 Å². The summed E-state index contributed by atoms with van der Waals surface area (Å²) in [6.45, 7) is 1.76. The maximum absolute atomic E-state index is 13.9. The molecule has 0 radical (unpaired) electrons. The summed E-state index contributed by atoms with van der Waals surface area (Å²) in [5, 5.41) is 0.0891. The Morgan fingerprint density at radius 2 is 1.85 bits per heavy atom. The fraction of sp³-hybridized carbons (Fsp3) is 0.208. The first-order valence-electron chi connectivity index (χ1n) is 10.2. The summed E-state index contributed by atoms with van der Waals surface area (Å²) in [6.07, 6.45) is -4.45. The van der Waals surface area contributed by atoms with Gasteiger partial charge in [-0.1, -0.05) is 23.7 Å². The molecule has 0 saturated carbocycles. The van der Waals surface area contributed by atoms with E-state index in [0.717, 1.165) is 22.6 Å². The number of fused-ring (bicyclic) bond motifs is 1. The Bertz CT molecular complexity index is 1520. The molecule has 176 valence electrons. The van der Waals surface area contributed by atoms with Gasteiger partial charge in [0.15, 0.2) is 0 Å². The molecule has 0 saturated heterocycles. The number of rotatable bonds is 6. The number of alkyl halides is 3. The van der Waals surface area contributed by atoms with Crippen molar-refractivity contribution in [2.24, 2.45) is 0 Å². The molecule has 0 aliphatic rings. The van der Waals surface area contributed by atoms with Crippen LogP contribution < -0.4 is 11.2 Å². The van der Waals surface area contributed by atoms with E-state index in [1.54, 1.807) is 31.2 Å². The van der Waals surface area contributed by atoms with E-state index in [1.807, 2.05) is 0 Å². The maximum Gasteiger partial charge on any atom is 0.418 e. The fourth-order valence-electron chi connectivity index (χ4n) is 3.73. The van der Waals surface area contributed by atoms with E-state index in [4.69, 9.17) is 11.6 Å². The number of aromatic nitrogens is 2. The molecular weight excluding hydrogens is 489 g/mol. The van der Waals surface area contributed by atoms with E-state index in [9.17, 15) is 27.6 Å². The van der Waals surface area contributed by atoms with E-state index in [2.05, 4.69) is 4.98 Å². The summed E-state index contributed by atoms with van der Waals surface area (Å²) < 4.78 is 42.9. The molecule has 0 amide bonds. The van der Waals surface area contributed by atoms with Crippen LogP contribution >= 0.6 is 22.9 Å². The van der Waals surface area contributed by atoms with E-state index < -0.39 is 28.7 Å². The number of H-pyrrole nitrogens is 1. The van der Waals surface area contributed by atoms with E-state index in [0.29, 0.717) is 15.3 Å². The normalized spacial score (nSPS) is 11.8. The maximum atomic E-state index is 13.9. The second kappa shape index (κ2) is 9.23. The number of Topliss-reactive ketones (excluding diaryl/α,β-unsaturated/α-hetero) is 1. The smallest absolute Gasteiger partial charge is 0.306 e. The van der Waals surface area contributed by atoms with Crippen LogP contribution in [0.15, 0.2) is 58.1 Å². The molecule has 0 fully saturated rings. The lowest BCUT2D eigenvalue weighted by atomic mass is 10.0. The third-order valence-electron chi connectivity index (χ3n) is 5.34. The van der Waals surface area contributed by atoms with Crippen molar-refractivity contribution in [3.8, 4) is 5.69 Å². The molecule has 0 bridgehead atoms. The SMILES string of the molecule is Cc1ccc2c(=O)n(-c3ccc(CC(=O)CCc4ccc(Cl)s4)cc3C(F)(F)F)c(=O)[nH]c2c1. The van der Waals surface area contributed by atoms with Gasteiger partial charge in [0, 0.05) is 17.7 Å². The lowest BCUT2D eigenvalue weighted by molar-refractivity contribution is -0.137. The van der Waals surface area contributed by atoms with Gasteiger partial charge >= 0.3 is 11.9 Å². The average Bonchev–Trinajstić information content (AvgIpc) is 3.17. The van der Waals surface area contributed by atoms with Crippen LogP contribution in [-0.4, -0.2) is 15.3 Å². The summed E-state index contributed by atoms with van der Waals surface area (Å²) in [7, 11) is 0. The number of hydrogen-bond donors (Lipinski definition) is 1. The van der Waals surface area contributed by atoms with Gasteiger partial charge < -0.3 is 4.98 Å². The topological polar surface area (TPSA) is 71.9 Å². The Morgan fingerprint density at radius 1 is 1.09 bits per heavy atom. The summed E-state index contributed by atoms with van der Waals surface area (Å²) in [6, 6.07) is 11.4. The van der Waals surface area contributed by atoms with Crippen molar-refractivity contribution in [1.82, 2.24) is 9.55 Å². The minimum Gasteiger partial charge on any atom is -0.306 e. The third kappa shape index (κ3) is 5.00. The van der Waals surface area contributed by atoms with Gasteiger partial charge in [0.2, 0.25) is 0 Å². The molecule has 0 aliphatic carbocycles. The highest BCUT2D eigenvalue weighted by Gasteiger charge is 2.35. The largest absolute Gasteiger partial charge is 0.418 e. The first-order chi connectivity index (χ1) is 16.0. The Balaban J connectivity index is 1.70. The summed E-state index contributed by atoms with van der Waals surface area (Å²) in [5.74, 6) is -0.235. The van der Waals surface area contributed by atoms with Gasteiger partial charge in [0.25, 0.3) is 5.56 Å². The second-order valence-corrected chi connectivity index (χ2v) is 9.69. The fourth-order valence-corrected chi connectivity index (χ4v) is 4.82. The molecule has 0 atom stereocenters. The quantitative estimate of drug-likeness (QED) is 0.377. The number of halogens is 4. The van der Waals surface area contributed by atoms with Crippen LogP contribution in [0.25, 0.3) is 16.6 Å². The zero-order chi connectivity index (χ0) is 24.6. The van der Waals surface area contributed by atoms with Crippen LogP contribution in [0.3, 0.4) is 0 Å². The van der Waals surface area contributed by atoms with Gasteiger partial charge in [0.1, 0.15) is 5.78 Å². The molecule has 34 heavy (non-hydrogen) atoms. The molecule has 2 aromatic heterocycles. The number of ketones is 1. The minimum atomic E-state index is -4.85. The summed E-state index contributed by atoms with van der Waals surface area (Å²) >= 11 is 7.22. The molecule has 2 heterocycles. The predicted molar refractivity (Wildman–Crippen MR) is 126 cm³/mol. The lowest BCUT2D eigenvalue weighted by Gasteiger charge is -2.16. The van der Waals surface area contributed by atoms with E-state index in [-0.39, 0.29) is 35.1 Å². The van der Waals surface area contributed by atoms with E-state index in [1.165, 1.54) is 23.5 Å². The molecule has 10 heteroatoms. The molecule has 0 spiro atoms. The van der Waals surface area contributed by atoms with Gasteiger partial charge in [-0.25, -0.2) is 9.36 Å². The molecule has 1 N–H and O–H groups in total. The van der Waals surface area contributed by atoms with Gasteiger partial charge in [-0.3, -0.25) is 9.59 Å². The van der Waals surface area contributed by atoms with Crippen LogP contribution in [0.5, 0.6) is 0 Å². The Hall–Kier alpha value is -3.17. The molecule has 4 aromatic rings. The van der Waals surface area contributed by atoms with Crippen LogP contribution in [0.1, 0.15) is 28.0 Å². The van der Waals surface area contributed by atoms with Crippen molar-refractivity contribution in [3.63, 3.8) is 0 Å². The zero-order valence-electron chi connectivity index (χ0n) is 17.8. The number of nitrogens with zero attached hydrogens (tertiary/aromatic N) is 1. The number of thiophene rings is 1. The van der Waals surface area contributed by atoms with Gasteiger partial charge in [0.05, 0.1) is 26.5 Å². The number of carbonyl (C=O) groups excluding carboxylic acids is 1. The number of aromatic amines is 1. The Labute approximate surface area is 200 Å². The van der Waals surface area contributed by atoms with Gasteiger partial charge in [-0.2, -0.15) is 13.2 Å². The summed E-state index contributed by atoms with van der Waals surface area (Å²) in [5.41, 5.74) is -2.42. The van der Waals surface area contributed by atoms with Crippen LogP contribution in [0.2, 0.25) is 4.34 Å². The second-order valence-electron chi connectivity index (χ2n) is 7.89. The number of benzene rings is 2. The Morgan fingerprint density at radius 3 is 2.53 bits per heavy atom. The first kappa shape index (κ1) is 24.0. The highest BCUT2D eigenvalue weighted by Crippen LogP contribution is 2.34. The monoisotopic (exact) mass is 506 g/mol. The molecule has 0 unspecified atom stereocenters. The number of carbonyl (C=O) groups is 1. The van der Waals surface area contributed by atoms with Crippen molar-refractivity contribution in [2.45, 2.75) is 32.4 Å². The van der Waals surface area contributed by atoms with Crippen LogP contribution in [0.4, 0.5) is 13.2 Å². The molecule has 2 aromatic carbocycles. The molecule has 4 rings (SSSR count). The average molecular weight is 507 g/mol. The number of hydrogen-bond acceptors (Lipinski definition) is 4. The first-order valence-corrected chi connectivity index (χ1v) is 11.4. The highest BCUT2D eigenvalue weighted by molar-refractivity contribution is 7.16. The van der Waals surface area contributed by atoms with Gasteiger partial charge in [-0.15, -0.1) is 11.3 Å². The minimum absolute atomic E-state index is 0.0891. The van der Waals surface area contributed by atoms with Gasteiger partial charge in [-0.05, 0) is 60.9 Å². The van der Waals surface area contributed by atoms with E-state index >= 15 is 0 Å². The Kier molecular flexibility index (Phi) is 6.51. The van der Waals surface area contributed by atoms with Crippen LogP contribution in [0, 0.1) is 6.92 Å².